The van der Waals surface area contributed by atoms with Crippen LogP contribution in [0.15, 0.2) is 60.9 Å². The molecule has 0 radical (unpaired) electrons. The summed E-state index contributed by atoms with van der Waals surface area (Å²) in [7, 11) is 2.93. The van der Waals surface area contributed by atoms with Crippen LogP contribution in [0.25, 0.3) is 10.8 Å². The number of methoxy groups -OCH3 is 2. The van der Waals surface area contributed by atoms with Crippen molar-refractivity contribution in [1.82, 2.24) is 9.97 Å². The van der Waals surface area contributed by atoms with E-state index in [1.54, 1.807) is 18.2 Å². The second kappa shape index (κ2) is 8.94. The maximum Gasteiger partial charge on any atom is 0.373 e. The number of nitrogens with zero attached hydrogens (tertiary/aromatic N) is 3. The number of hydrogen-bond donors (Lipinski definition) is 1. The Morgan fingerprint density at radius 1 is 0.969 bits per heavy atom. The van der Waals surface area contributed by atoms with E-state index in [0.717, 1.165) is 10.8 Å². The third kappa shape index (κ3) is 4.19. The lowest BCUT2D eigenvalue weighted by atomic mass is 10.1. The van der Waals surface area contributed by atoms with Crippen LogP contribution in [0.3, 0.4) is 0 Å². The molecule has 0 saturated carbocycles. The molecule has 1 aromatic heterocycles. The van der Waals surface area contributed by atoms with E-state index in [1.165, 1.54) is 26.6 Å². The number of anilines is 2. The van der Waals surface area contributed by atoms with Gasteiger partial charge in [0, 0.05) is 6.07 Å². The van der Waals surface area contributed by atoms with Crippen LogP contribution in [-0.4, -0.2) is 29.1 Å². The largest absolute Gasteiger partial charge is 0.495 e. The van der Waals surface area contributed by atoms with Gasteiger partial charge in [0.1, 0.15) is 23.6 Å². The van der Waals surface area contributed by atoms with E-state index in [0.29, 0.717) is 28.0 Å². The van der Waals surface area contributed by atoms with Crippen molar-refractivity contribution in [2.24, 2.45) is 0 Å². The van der Waals surface area contributed by atoms with Crippen molar-refractivity contribution in [2.75, 3.05) is 19.5 Å². The zero-order chi connectivity index (χ0) is 22.7. The number of benzene rings is 3. The number of rotatable bonds is 7. The van der Waals surface area contributed by atoms with Gasteiger partial charge < -0.3 is 19.5 Å². The molecular formula is C22H17ClN4O5. The van der Waals surface area contributed by atoms with Gasteiger partial charge in [-0.25, -0.2) is 4.98 Å². The fourth-order valence-corrected chi connectivity index (χ4v) is 3.36. The molecule has 0 bridgehead atoms. The van der Waals surface area contributed by atoms with Crippen molar-refractivity contribution >= 4 is 39.6 Å². The fraction of sp³-hybridized carbons (Fsp3) is 0.0909. The summed E-state index contributed by atoms with van der Waals surface area (Å²) >= 11 is 6.20. The van der Waals surface area contributed by atoms with Crippen LogP contribution in [0.1, 0.15) is 0 Å². The molecule has 0 aliphatic carbocycles. The summed E-state index contributed by atoms with van der Waals surface area (Å²) < 4.78 is 16.3. The molecule has 4 aromatic rings. The number of fused-ring (bicyclic) bond motifs is 1. The maximum absolute atomic E-state index is 11.9. The van der Waals surface area contributed by atoms with Crippen molar-refractivity contribution in [3.05, 3.63) is 76.1 Å². The first-order valence-corrected chi connectivity index (χ1v) is 9.72. The average Bonchev–Trinajstić information content (AvgIpc) is 2.79. The Morgan fingerprint density at radius 3 is 2.44 bits per heavy atom. The van der Waals surface area contributed by atoms with Crippen LogP contribution in [0.5, 0.6) is 23.1 Å². The van der Waals surface area contributed by atoms with Crippen molar-refractivity contribution in [1.29, 1.82) is 0 Å². The Morgan fingerprint density at radius 2 is 1.72 bits per heavy atom. The highest BCUT2D eigenvalue weighted by molar-refractivity contribution is 6.32. The van der Waals surface area contributed by atoms with Crippen LogP contribution < -0.4 is 19.5 Å². The minimum atomic E-state index is -0.615. The predicted molar refractivity (Wildman–Crippen MR) is 121 cm³/mol. The number of hydrogen-bond acceptors (Lipinski definition) is 8. The van der Waals surface area contributed by atoms with Gasteiger partial charge in [0.25, 0.3) is 0 Å². The molecule has 10 heteroatoms. The lowest BCUT2D eigenvalue weighted by Gasteiger charge is -2.14. The van der Waals surface area contributed by atoms with Crippen LogP contribution in [-0.2, 0) is 0 Å². The van der Waals surface area contributed by atoms with Crippen molar-refractivity contribution in [3.63, 3.8) is 0 Å². The molecule has 0 aliphatic heterocycles. The van der Waals surface area contributed by atoms with Crippen molar-refractivity contribution in [3.8, 4) is 23.1 Å². The first-order chi connectivity index (χ1) is 15.5. The van der Waals surface area contributed by atoms with E-state index in [4.69, 9.17) is 25.8 Å². The highest BCUT2D eigenvalue weighted by Gasteiger charge is 2.26. The Hall–Kier alpha value is -4.11. The number of halogens is 1. The standard InChI is InChI=1S/C22H17ClN4O5/c1-30-18-11-19(31-2)17(10-16(18)23)26-21-20(27(28)29)22(25-12-24-21)32-15-8-7-13-5-3-4-6-14(13)9-15/h3-12H,1-2H3,(H,24,25,26). The quantitative estimate of drug-likeness (QED) is 0.279. The Labute approximate surface area is 187 Å². The number of nitrogens with one attached hydrogen (secondary N) is 1. The molecule has 0 unspecified atom stereocenters. The molecule has 0 spiro atoms. The van der Waals surface area contributed by atoms with Crippen molar-refractivity contribution in [2.45, 2.75) is 0 Å². The molecule has 1 heterocycles. The van der Waals surface area contributed by atoms with Gasteiger partial charge in [0.05, 0.1) is 29.9 Å². The Kier molecular flexibility index (Phi) is 5.91. The second-order valence-corrected chi connectivity index (χ2v) is 6.96. The van der Waals surface area contributed by atoms with E-state index in [9.17, 15) is 10.1 Å². The van der Waals surface area contributed by atoms with Gasteiger partial charge in [-0.2, -0.15) is 4.98 Å². The topological polar surface area (TPSA) is 109 Å². The van der Waals surface area contributed by atoms with Gasteiger partial charge >= 0.3 is 11.6 Å². The Bertz CT molecular complexity index is 1310. The van der Waals surface area contributed by atoms with Crippen molar-refractivity contribution < 1.29 is 19.1 Å². The predicted octanol–water partition coefficient (Wildman–Crippen LogP) is 5.74. The summed E-state index contributed by atoms with van der Waals surface area (Å²) in [5.74, 6) is 0.867. The third-order valence-corrected chi connectivity index (χ3v) is 4.93. The molecule has 3 aromatic carbocycles. The number of aromatic nitrogens is 2. The second-order valence-electron chi connectivity index (χ2n) is 6.56. The van der Waals surface area contributed by atoms with Crippen LogP contribution in [0, 0.1) is 10.1 Å². The smallest absolute Gasteiger partial charge is 0.373 e. The highest BCUT2D eigenvalue weighted by atomic mass is 35.5. The molecule has 162 valence electrons. The van der Waals surface area contributed by atoms with Crippen LogP contribution in [0.4, 0.5) is 17.2 Å². The van der Waals surface area contributed by atoms with E-state index < -0.39 is 10.6 Å². The van der Waals surface area contributed by atoms with Gasteiger partial charge in [-0.15, -0.1) is 0 Å². The van der Waals surface area contributed by atoms with E-state index in [1.807, 2.05) is 30.3 Å². The molecular weight excluding hydrogens is 436 g/mol. The van der Waals surface area contributed by atoms with E-state index in [2.05, 4.69) is 15.3 Å². The normalized spacial score (nSPS) is 10.6. The number of ether oxygens (including phenoxy) is 3. The lowest BCUT2D eigenvalue weighted by Crippen LogP contribution is -2.04. The molecule has 0 amide bonds. The minimum Gasteiger partial charge on any atom is -0.495 e. The third-order valence-electron chi connectivity index (χ3n) is 4.63. The van der Waals surface area contributed by atoms with Gasteiger partial charge in [-0.05, 0) is 29.0 Å². The first-order valence-electron chi connectivity index (χ1n) is 9.34. The average molecular weight is 453 g/mol. The summed E-state index contributed by atoms with van der Waals surface area (Å²) in [6.45, 7) is 0. The van der Waals surface area contributed by atoms with Gasteiger partial charge in [-0.1, -0.05) is 41.9 Å². The van der Waals surface area contributed by atoms with Gasteiger partial charge in [0.2, 0.25) is 5.82 Å². The molecule has 0 fully saturated rings. The monoisotopic (exact) mass is 452 g/mol. The molecule has 0 aliphatic rings. The summed E-state index contributed by atoms with van der Waals surface area (Å²) in [4.78, 5) is 19.3. The zero-order valence-corrected chi connectivity index (χ0v) is 17.8. The fourth-order valence-electron chi connectivity index (χ4n) is 3.12. The first kappa shape index (κ1) is 21.1. The zero-order valence-electron chi connectivity index (χ0n) is 17.0. The summed E-state index contributed by atoms with van der Waals surface area (Å²) in [5.41, 5.74) is -0.0774. The highest BCUT2D eigenvalue weighted by Crippen LogP contribution is 2.40. The molecule has 0 saturated heterocycles. The van der Waals surface area contributed by atoms with Gasteiger partial charge in [0.15, 0.2) is 0 Å². The molecule has 4 rings (SSSR count). The van der Waals surface area contributed by atoms with Crippen LogP contribution >= 0.6 is 11.6 Å². The molecule has 1 N–H and O–H groups in total. The lowest BCUT2D eigenvalue weighted by molar-refractivity contribution is -0.385. The molecule has 32 heavy (non-hydrogen) atoms. The number of nitro groups is 1. The van der Waals surface area contributed by atoms with E-state index >= 15 is 0 Å². The summed E-state index contributed by atoms with van der Waals surface area (Å²) in [6.07, 6.45) is 1.17. The summed E-state index contributed by atoms with van der Waals surface area (Å²) in [5, 5.41) is 17.0. The maximum atomic E-state index is 11.9. The molecule has 0 atom stereocenters. The Balaban J connectivity index is 1.72. The summed E-state index contributed by atoms with van der Waals surface area (Å²) in [6, 6.07) is 16.1. The van der Waals surface area contributed by atoms with E-state index in [-0.39, 0.29) is 11.7 Å². The van der Waals surface area contributed by atoms with Gasteiger partial charge in [-0.3, -0.25) is 10.1 Å². The molecule has 9 nitrogen and oxygen atoms in total. The minimum absolute atomic E-state index is 0.0830. The van der Waals surface area contributed by atoms with Crippen LogP contribution in [0.2, 0.25) is 5.02 Å². The SMILES string of the molecule is COc1cc(OC)c(Nc2ncnc(Oc3ccc4ccccc4c3)c2[N+](=O)[O-])cc1Cl.